The largest absolute Gasteiger partial charge is 0.481 e. The standard InChI is InChI=1S/C21H29N3O4/c1-15-7-2-3-9-17(15)18(13-19(25)26)22-20(27)16-8-6-12-24(14-16)21(28)23-10-4-5-11-23/h2-3,7,9,16,18H,4-6,8,10-14H2,1H3,(H,22,27)(H,25,26). The second-order valence-corrected chi connectivity index (χ2v) is 7.78. The van der Waals surface area contributed by atoms with Crippen molar-refractivity contribution in [3.05, 3.63) is 35.4 Å². The summed E-state index contributed by atoms with van der Waals surface area (Å²) >= 11 is 0. The molecule has 28 heavy (non-hydrogen) atoms. The highest BCUT2D eigenvalue weighted by atomic mass is 16.4. The number of aryl methyl sites for hydroxylation is 1. The molecule has 2 heterocycles. The third-order valence-electron chi connectivity index (χ3n) is 5.70. The second-order valence-electron chi connectivity index (χ2n) is 7.78. The molecule has 1 aromatic rings. The van der Waals surface area contributed by atoms with Crippen LogP contribution in [0.4, 0.5) is 4.79 Å². The Bertz CT molecular complexity index is 730. The van der Waals surface area contributed by atoms with Gasteiger partial charge in [-0.25, -0.2) is 4.79 Å². The fourth-order valence-corrected chi connectivity index (χ4v) is 4.15. The molecule has 0 saturated carbocycles. The van der Waals surface area contributed by atoms with Gasteiger partial charge in [-0.1, -0.05) is 24.3 Å². The molecular formula is C21H29N3O4. The smallest absolute Gasteiger partial charge is 0.320 e. The number of aliphatic carboxylic acids is 1. The van der Waals surface area contributed by atoms with E-state index in [1.165, 1.54) is 0 Å². The topological polar surface area (TPSA) is 90.0 Å². The predicted molar refractivity (Wildman–Crippen MR) is 105 cm³/mol. The van der Waals surface area contributed by atoms with E-state index in [0.29, 0.717) is 19.5 Å². The number of likely N-dealkylation sites (tertiary alicyclic amines) is 2. The summed E-state index contributed by atoms with van der Waals surface area (Å²) in [5.74, 6) is -1.43. The van der Waals surface area contributed by atoms with Crippen molar-refractivity contribution in [3.8, 4) is 0 Å². The first-order chi connectivity index (χ1) is 13.5. The van der Waals surface area contributed by atoms with Gasteiger partial charge in [0.25, 0.3) is 0 Å². The SMILES string of the molecule is Cc1ccccc1C(CC(=O)O)NC(=O)C1CCCN(C(=O)N2CCCC2)C1. The second kappa shape index (κ2) is 9.08. The molecule has 7 nitrogen and oxygen atoms in total. The molecule has 0 spiro atoms. The van der Waals surface area contributed by atoms with E-state index in [-0.39, 0.29) is 24.3 Å². The van der Waals surface area contributed by atoms with Gasteiger partial charge < -0.3 is 20.2 Å². The highest BCUT2D eigenvalue weighted by Crippen LogP contribution is 2.24. The van der Waals surface area contributed by atoms with Crippen molar-refractivity contribution in [2.24, 2.45) is 5.92 Å². The van der Waals surface area contributed by atoms with E-state index in [0.717, 1.165) is 43.5 Å². The summed E-state index contributed by atoms with van der Waals surface area (Å²) in [7, 11) is 0. The van der Waals surface area contributed by atoms with Gasteiger partial charge in [-0.3, -0.25) is 9.59 Å². The summed E-state index contributed by atoms with van der Waals surface area (Å²) in [5.41, 5.74) is 1.77. The molecule has 2 aliphatic rings. The predicted octanol–water partition coefficient (Wildman–Crippen LogP) is 2.55. The number of carboxylic acid groups (broad SMARTS) is 1. The number of carbonyl (C=O) groups is 3. The van der Waals surface area contributed by atoms with Crippen molar-refractivity contribution in [1.82, 2.24) is 15.1 Å². The number of piperidine rings is 1. The lowest BCUT2D eigenvalue weighted by atomic mass is 9.94. The highest BCUT2D eigenvalue weighted by molar-refractivity contribution is 5.82. The Balaban J connectivity index is 1.66. The van der Waals surface area contributed by atoms with E-state index in [1.807, 2.05) is 36.1 Å². The lowest BCUT2D eigenvalue weighted by Gasteiger charge is -2.35. The average Bonchev–Trinajstić information content (AvgIpc) is 3.22. The normalized spacial score (nSPS) is 20.7. The van der Waals surface area contributed by atoms with Gasteiger partial charge in [0.15, 0.2) is 0 Å². The van der Waals surface area contributed by atoms with Crippen LogP contribution in [-0.2, 0) is 9.59 Å². The maximum absolute atomic E-state index is 12.9. The number of nitrogens with one attached hydrogen (secondary N) is 1. The van der Waals surface area contributed by atoms with Crippen molar-refractivity contribution in [1.29, 1.82) is 0 Å². The number of benzene rings is 1. The summed E-state index contributed by atoms with van der Waals surface area (Å²) in [6, 6.07) is 6.95. The van der Waals surface area contributed by atoms with Gasteiger partial charge in [0.05, 0.1) is 18.4 Å². The maximum atomic E-state index is 12.9. The van der Waals surface area contributed by atoms with Crippen LogP contribution < -0.4 is 5.32 Å². The number of rotatable bonds is 5. The quantitative estimate of drug-likeness (QED) is 0.812. The van der Waals surface area contributed by atoms with E-state index in [4.69, 9.17) is 0 Å². The lowest BCUT2D eigenvalue weighted by molar-refractivity contribution is -0.138. The zero-order valence-corrected chi connectivity index (χ0v) is 16.4. The molecule has 2 unspecified atom stereocenters. The van der Waals surface area contributed by atoms with Crippen LogP contribution in [0.5, 0.6) is 0 Å². The van der Waals surface area contributed by atoms with Gasteiger partial charge in [-0.15, -0.1) is 0 Å². The molecule has 0 bridgehead atoms. The molecule has 3 amide bonds. The van der Waals surface area contributed by atoms with Gasteiger partial charge in [0.1, 0.15) is 0 Å². The minimum atomic E-state index is -0.956. The van der Waals surface area contributed by atoms with E-state index in [2.05, 4.69) is 5.32 Å². The molecule has 1 aromatic carbocycles. The molecule has 0 aliphatic carbocycles. The Morgan fingerprint density at radius 3 is 2.46 bits per heavy atom. The number of urea groups is 1. The molecule has 2 saturated heterocycles. The molecule has 2 N–H and O–H groups in total. The van der Waals surface area contributed by atoms with Crippen LogP contribution in [0.3, 0.4) is 0 Å². The summed E-state index contributed by atoms with van der Waals surface area (Å²) in [6.45, 7) is 4.57. The van der Waals surface area contributed by atoms with Crippen molar-refractivity contribution < 1.29 is 19.5 Å². The number of hydrogen-bond donors (Lipinski definition) is 2. The van der Waals surface area contributed by atoms with E-state index >= 15 is 0 Å². The van der Waals surface area contributed by atoms with Crippen LogP contribution in [0.15, 0.2) is 24.3 Å². The Kier molecular flexibility index (Phi) is 6.54. The molecule has 2 aliphatic heterocycles. The van der Waals surface area contributed by atoms with Gasteiger partial charge in [0.2, 0.25) is 5.91 Å². The van der Waals surface area contributed by atoms with Crippen LogP contribution in [-0.4, -0.2) is 59.0 Å². The molecule has 152 valence electrons. The number of carbonyl (C=O) groups excluding carboxylic acids is 2. The summed E-state index contributed by atoms with van der Waals surface area (Å²) in [4.78, 5) is 40.5. The first-order valence-corrected chi connectivity index (χ1v) is 10.1. The van der Waals surface area contributed by atoms with Crippen LogP contribution in [0.2, 0.25) is 0 Å². The van der Waals surface area contributed by atoms with Gasteiger partial charge in [0, 0.05) is 26.2 Å². The summed E-state index contributed by atoms with van der Waals surface area (Å²) < 4.78 is 0. The van der Waals surface area contributed by atoms with Crippen LogP contribution in [0.1, 0.15) is 49.3 Å². The molecule has 3 rings (SSSR count). The number of carboxylic acids is 1. The monoisotopic (exact) mass is 387 g/mol. The molecule has 0 aromatic heterocycles. The number of nitrogens with zero attached hydrogens (tertiary/aromatic N) is 2. The van der Waals surface area contributed by atoms with E-state index < -0.39 is 12.0 Å². The molecule has 2 atom stereocenters. The van der Waals surface area contributed by atoms with Crippen LogP contribution in [0.25, 0.3) is 0 Å². The van der Waals surface area contributed by atoms with E-state index in [1.54, 1.807) is 4.90 Å². The maximum Gasteiger partial charge on any atom is 0.320 e. The minimum absolute atomic E-state index is 0.0241. The molecule has 0 radical (unpaired) electrons. The third-order valence-corrected chi connectivity index (χ3v) is 5.70. The number of amides is 3. The summed E-state index contributed by atoms with van der Waals surface area (Å²) in [6.07, 6.45) is 3.40. The Labute approximate surface area is 165 Å². The average molecular weight is 387 g/mol. The fourth-order valence-electron chi connectivity index (χ4n) is 4.15. The molecule has 7 heteroatoms. The zero-order valence-electron chi connectivity index (χ0n) is 16.4. The highest BCUT2D eigenvalue weighted by Gasteiger charge is 2.32. The first kappa shape index (κ1) is 20.2. The van der Waals surface area contributed by atoms with Crippen molar-refractivity contribution in [2.45, 2.75) is 45.1 Å². The van der Waals surface area contributed by atoms with Gasteiger partial charge in [-0.2, -0.15) is 0 Å². The lowest BCUT2D eigenvalue weighted by Crippen LogP contribution is -2.50. The first-order valence-electron chi connectivity index (χ1n) is 10.1. The Hall–Kier alpha value is -2.57. The van der Waals surface area contributed by atoms with Crippen LogP contribution in [0, 0.1) is 12.8 Å². The van der Waals surface area contributed by atoms with Gasteiger partial charge >= 0.3 is 12.0 Å². The zero-order chi connectivity index (χ0) is 20.1. The Morgan fingerprint density at radius 2 is 1.79 bits per heavy atom. The number of hydrogen-bond acceptors (Lipinski definition) is 3. The van der Waals surface area contributed by atoms with Crippen molar-refractivity contribution >= 4 is 17.9 Å². The third kappa shape index (κ3) is 4.82. The fraction of sp³-hybridized carbons (Fsp3) is 0.571. The molecule has 2 fully saturated rings. The van der Waals surface area contributed by atoms with Crippen molar-refractivity contribution in [2.75, 3.05) is 26.2 Å². The van der Waals surface area contributed by atoms with Gasteiger partial charge in [-0.05, 0) is 43.7 Å². The Morgan fingerprint density at radius 1 is 1.11 bits per heavy atom. The molecular weight excluding hydrogens is 358 g/mol. The van der Waals surface area contributed by atoms with E-state index in [9.17, 15) is 19.5 Å². The van der Waals surface area contributed by atoms with Crippen molar-refractivity contribution in [3.63, 3.8) is 0 Å². The van der Waals surface area contributed by atoms with Crippen LogP contribution >= 0.6 is 0 Å². The minimum Gasteiger partial charge on any atom is -0.481 e. The summed E-state index contributed by atoms with van der Waals surface area (Å²) in [5, 5.41) is 12.2.